The van der Waals surface area contributed by atoms with Gasteiger partial charge in [-0.2, -0.15) is 0 Å². The summed E-state index contributed by atoms with van der Waals surface area (Å²) in [7, 11) is 2.10. The Bertz CT molecular complexity index is 1330. The van der Waals surface area contributed by atoms with Crippen molar-refractivity contribution in [3.8, 4) is 17.1 Å². The number of nitrogens with one attached hydrogen (secondary N) is 2. The van der Waals surface area contributed by atoms with Crippen LogP contribution >= 0.6 is 0 Å². The van der Waals surface area contributed by atoms with Gasteiger partial charge in [0.05, 0.1) is 5.52 Å². The van der Waals surface area contributed by atoms with Gasteiger partial charge in [-0.1, -0.05) is 25.1 Å². The lowest BCUT2D eigenvalue weighted by atomic mass is 10.1. The molecular formula is C26H28N6O. The number of para-hydroxylation sites is 1. The highest BCUT2D eigenvalue weighted by atomic mass is 16.1. The van der Waals surface area contributed by atoms with Gasteiger partial charge in [0.15, 0.2) is 5.82 Å². The zero-order valence-corrected chi connectivity index (χ0v) is 19.0. The van der Waals surface area contributed by atoms with Crippen molar-refractivity contribution in [2.45, 2.75) is 13.3 Å². The highest BCUT2D eigenvalue weighted by molar-refractivity contribution is 5.87. The van der Waals surface area contributed by atoms with Gasteiger partial charge in [-0.15, -0.1) is 0 Å². The highest BCUT2D eigenvalue weighted by Crippen LogP contribution is 2.20. The largest absolute Gasteiger partial charge is 0.383 e. The van der Waals surface area contributed by atoms with E-state index < -0.39 is 0 Å². The Hall–Kier alpha value is -3.84. The van der Waals surface area contributed by atoms with Crippen molar-refractivity contribution in [1.29, 1.82) is 5.41 Å². The molecule has 2 aromatic heterocycles. The Morgan fingerprint density at radius 1 is 1.12 bits per heavy atom. The molecule has 0 amide bonds. The number of benzene rings is 2. The summed E-state index contributed by atoms with van der Waals surface area (Å²) in [6.07, 6.45) is 5.93. The molecule has 0 aliphatic heterocycles. The van der Waals surface area contributed by atoms with Crippen LogP contribution in [-0.4, -0.2) is 52.3 Å². The van der Waals surface area contributed by atoms with Gasteiger partial charge < -0.3 is 15.6 Å². The van der Waals surface area contributed by atoms with Gasteiger partial charge >= 0.3 is 0 Å². The maximum absolute atomic E-state index is 12.9. The normalized spacial score (nSPS) is 11.1. The van der Waals surface area contributed by atoms with Crippen molar-refractivity contribution in [1.82, 2.24) is 19.4 Å². The molecule has 7 nitrogen and oxygen atoms in total. The third-order valence-electron chi connectivity index (χ3n) is 5.55. The number of aromatic nitrogens is 3. The summed E-state index contributed by atoms with van der Waals surface area (Å²) >= 11 is 0. The van der Waals surface area contributed by atoms with E-state index in [2.05, 4.69) is 34.2 Å². The first kappa shape index (κ1) is 22.4. The number of fused-ring (bicyclic) bond motifs is 1. The lowest BCUT2D eigenvalue weighted by molar-refractivity contribution is 0.348. The molecular weight excluding hydrogens is 412 g/mol. The standard InChI is InChI=1S/C26H28N6O/c1-3-12-31(2)14-11-28-23-9-8-22(15-21(23)17-27)32-13-10-19(16-25(32)33)26-29-18-20-6-4-5-7-24(20)30-26/h4-10,13,15-18,27-28H,3,11-12,14H2,1-2H3. The second kappa shape index (κ2) is 10.2. The third-order valence-corrected chi connectivity index (χ3v) is 5.55. The molecule has 4 aromatic rings. The zero-order chi connectivity index (χ0) is 23.2. The average Bonchev–Trinajstić information content (AvgIpc) is 2.84. The van der Waals surface area contributed by atoms with Crippen LogP contribution in [0.5, 0.6) is 0 Å². The van der Waals surface area contributed by atoms with E-state index in [0.29, 0.717) is 17.1 Å². The minimum atomic E-state index is -0.179. The Labute approximate surface area is 193 Å². The molecule has 2 heterocycles. The van der Waals surface area contributed by atoms with E-state index in [9.17, 15) is 4.79 Å². The van der Waals surface area contributed by atoms with E-state index in [1.54, 1.807) is 23.0 Å². The van der Waals surface area contributed by atoms with E-state index in [4.69, 9.17) is 5.41 Å². The van der Waals surface area contributed by atoms with Crippen molar-refractivity contribution >= 4 is 22.8 Å². The maximum Gasteiger partial charge on any atom is 0.255 e. The van der Waals surface area contributed by atoms with Gasteiger partial charge in [0, 0.05) is 65.7 Å². The molecule has 0 radical (unpaired) electrons. The predicted octanol–water partition coefficient (Wildman–Crippen LogP) is 4.20. The first-order valence-corrected chi connectivity index (χ1v) is 11.1. The van der Waals surface area contributed by atoms with E-state index in [0.717, 1.165) is 48.2 Å². The molecule has 0 aliphatic rings. The number of anilines is 1. The van der Waals surface area contributed by atoms with Crippen LogP contribution in [0, 0.1) is 5.41 Å². The van der Waals surface area contributed by atoms with Gasteiger partial charge in [0.1, 0.15) is 0 Å². The predicted molar refractivity (Wildman–Crippen MR) is 135 cm³/mol. The minimum Gasteiger partial charge on any atom is -0.383 e. The third kappa shape index (κ3) is 5.15. The van der Waals surface area contributed by atoms with Crippen LogP contribution in [0.3, 0.4) is 0 Å². The fourth-order valence-corrected chi connectivity index (χ4v) is 3.80. The number of hydrogen-bond acceptors (Lipinski definition) is 6. The van der Waals surface area contributed by atoms with Crippen LogP contribution in [0.1, 0.15) is 18.9 Å². The van der Waals surface area contributed by atoms with Gasteiger partial charge in [-0.25, -0.2) is 9.97 Å². The molecule has 2 aromatic carbocycles. The summed E-state index contributed by atoms with van der Waals surface area (Å²) in [4.78, 5) is 24.2. The monoisotopic (exact) mass is 440 g/mol. The van der Waals surface area contributed by atoms with E-state index in [1.165, 1.54) is 6.21 Å². The Kier molecular flexibility index (Phi) is 6.90. The van der Waals surface area contributed by atoms with E-state index in [-0.39, 0.29) is 5.56 Å². The molecule has 2 N–H and O–H groups in total. The molecule has 168 valence electrons. The molecule has 0 saturated heterocycles. The zero-order valence-electron chi connectivity index (χ0n) is 19.0. The van der Waals surface area contributed by atoms with Crippen molar-refractivity contribution in [2.24, 2.45) is 0 Å². The number of pyridine rings is 1. The van der Waals surface area contributed by atoms with E-state index >= 15 is 0 Å². The maximum atomic E-state index is 12.9. The summed E-state index contributed by atoms with van der Waals surface area (Å²) in [5.41, 5.74) is 3.66. The summed E-state index contributed by atoms with van der Waals surface area (Å²) in [5.74, 6) is 0.519. The smallest absolute Gasteiger partial charge is 0.255 e. The lowest BCUT2D eigenvalue weighted by Gasteiger charge is -2.17. The first-order chi connectivity index (χ1) is 16.1. The fraction of sp³-hybridized carbons (Fsp3) is 0.231. The second-order valence-corrected chi connectivity index (χ2v) is 8.02. The van der Waals surface area contributed by atoms with Crippen LogP contribution in [0.15, 0.2) is 71.8 Å². The number of hydrogen-bond donors (Lipinski definition) is 2. The molecule has 0 aliphatic carbocycles. The molecule has 0 fully saturated rings. The van der Waals surface area contributed by atoms with Gasteiger partial charge in [-0.3, -0.25) is 9.36 Å². The molecule has 0 saturated carbocycles. The Balaban J connectivity index is 1.56. The van der Waals surface area contributed by atoms with Crippen molar-refractivity contribution in [2.75, 3.05) is 32.0 Å². The summed E-state index contributed by atoms with van der Waals surface area (Å²) < 4.78 is 1.57. The van der Waals surface area contributed by atoms with Crippen LogP contribution in [0.2, 0.25) is 0 Å². The van der Waals surface area contributed by atoms with E-state index in [1.807, 2.05) is 48.5 Å². The first-order valence-electron chi connectivity index (χ1n) is 11.1. The number of rotatable bonds is 9. The van der Waals surface area contributed by atoms with Crippen LogP contribution < -0.4 is 10.9 Å². The number of nitrogens with zero attached hydrogens (tertiary/aromatic N) is 4. The van der Waals surface area contributed by atoms with Crippen molar-refractivity contribution in [3.63, 3.8) is 0 Å². The average molecular weight is 441 g/mol. The molecule has 0 unspecified atom stereocenters. The SMILES string of the molecule is CCCN(C)CCNc1ccc(-n2ccc(-c3ncc4ccccc4n3)cc2=O)cc1C=N. The molecule has 0 atom stereocenters. The van der Waals surface area contributed by atoms with Gasteiger partial charge in [0.25, 0.3) is 5.56 Å². The molecule has 33 heavy (non-hydrogen) atoms. The molecule has 4 rings (SSSR count). The fourth-order valence-electron chi connectivity index (χ4n) is 3.80. The van der Waals surface area contributed by atoms with Crippen LogP contribution in [-0.2, 0) is 0 Å². The van der Waals surface area contributed by atoms with Crippen LogP contribution in [0.4, 0.5) is 5.69 Å². The topological polar surface area (TPSA) is 86.9 Å². The van der Waals surface area contributed by atoms with Crippen molar-refractivity contribution < 1.29 is 0 Å². The Morgan fingerprint density at radius 2 is 1.97 bits per heavy atom. The summed E-state index contributed by atoms with van der Waals surface area (Å²) in [6.45, 7) is 4.93. The highest BCUT2D eigenvalue weighted by Gasteiger charge is 2.09. The lowest BCUT2D eigenvalue weighted by Crippen LogP contribution is -2.26. The minimum absolute atomic E-state index is 0.179. The molecule has 0 spiro atoms. The quantitative estimate of drug-likeness (QED) is 0.381. The Morgan fingerprint density at radius 3 is 2.76 bits per heavy atom. The molecule has 0 bridgehead atoms. The van der Waals surface area contributed by atoms with Gasteiger partial charge in [0.2, 0.25) is 0 Å². The summed E-state index contributed by atoms with van der Waals surface area (Å²) in [6, 6.07) is 16.8. The second-order valence-electron chi connectivity index (χ2n) is 8.02. The van der Waals surface area contributed by atoms with Crippen LogP contribution in [0.25, 0.3) is 28.0 Å². The number of likely N-dealkylation sites (N-methyl/N-ethyl adjacent to an activating group) is 1. The molecule has 7 heteroatoms. The van der Waals surface area contributed by atoms with Gasteiger partial charge in [-0.05, 0) is 50.3 Å². The van der Waals surface area contributed by atoms with Crippen molar-refractivity contribution in [3.05, 3.63) is 82.9 Å². The summed E-state index contributed by atoms with van der Waals surface area (Å²) in [5, 5.41) is 12.2.